The van der Waals surface area contributed by atoms with E-state index >= 15 is 0 Å². The molecule has 86 valence electrons. The summed E-state index contributed by atoms with van der Waals surface area (Å²) in [7, 11) is 0. The highest BCUT2D eigenvalue weighted by Crippen LogP contribution is 2.36. The van der Waals surface area contributed by atoms with Crippen molar-refractivity contribution in [2.24, 2.45) is 17.6 Å². The highest BCUT2D eigenvalue weighted by atomic mass is 16.5. The van der Waals surface area contributed by atoms with Crippen LogP contribution in [0, 0.1) is 11.8 Å². The number of ether oxygens (including phenoxy) is 1. The Morgan fingerprint density at radius 3 is 2.67 bits per heavy atom. The van der Waals surface area contributed by atoms with Crippen LogP contribution >= 0.6 is 0 Å². The zero-order valence-electron chi connectivity index (χ0n) is 9.29. The van der Waals surface area contributed by atoms with Crippen molar-refractivity contribution in [1.82, 2.24) is 5.32 Å². The largest absolute Gasteiger partial charge is 0.381 e. The van der Waals surface area contributed by atoms with Crippen molar-refractivity contribution in [1.29, 1.82) is 0 Å². The normalized spacial score (nSPS) is 33.5. The lowest BCUT2D eigenvalue weighted by Crippen LogP contribution is -2.57. The molecule has 0 aromatic carbocycles. The van der Waals surface area contributed by atoms with Gasteiger partial charge in [0, 0.05) is 19.8 Å². The average Bonchev–Trinajstić information content (AvgIpc) is 2.92. The second-order valence-corrected chi connectivity index (χ2v) is 4.95. The van der Waals surface area contributed by atoms with Crippen LogP contribution in [0.1, 0.15) is 26.2 Å². The number of carbonyl (C=O) groups is 1. The van der Waals surface area contributed by atoms with Crippen molar-refractivity contribution >= 4 is 5.91 Å². The maximum atomic E-state index is 11.9. The Balaban J connectivity index is 1.78. The molecule has 1 saturated heterocycles. The standard InChI is InChI=1S/C11H20N2O2/c1-8-6-9(8)7-13-10(14)11(12)2-4-15-5-3-11/h8-9H,2-7,12H2,1H3,(H,13,14). The van der Waals surface area contributed by atoms with Crippen LogP contribution < -0.4 is 11.1 Å². The first kappa shape index (κ1) is 10.9. The monoisotopic (exact) mass is 212 g/mol. The third-order valence-corrected chi connectivity index (χ3v) is 3.64. The molecule has 2 atom stereocenters. The molecule has 2 aliphatic rings. The van der Waals surface area contributed by atoms with Crippen LogP contribution in [0.25, 0.3) is 0 Å². The first-order valence-electron chi connectivity index (χ1n) is 5.77. The molecule has 1 saturated carbocycles. The van der Waals surface area contributed by atoms with Crippen LogP contribution in [0.5, 0.6) is 0 Å². The summed E-state index contributed by atoms with van der Waals surface area (Å²) in [6, 6.07) is 0. The van der Waals surface area contributed by atoms with Crippen molar-refractivity contribution in [2.45, 2.75) is 31.7 Å². The van der Waals surface area contributed by atoms with Crippen LogP contribution in [0.3, 0.4) is 0 Å². The van der Waals surface area contributed by atoms with Gasteiger partial charge in [-0.25, -0.2) is 0 Å². The van der Waals surface area contributed by atoms with Gasteiger partial charge in [-0.05, 0) is 31.1 Å². The predicted molar refractivity (Wildman–Crippen MR) is 57.3 cm³/mol. The summed E-state index contributed by atoms with van der Waals surface area (Å²) in [4.78, 5) is 11.9. The molecule has 4 heteroatoms. The smallest absolute Gasteiger partial charge is 0.240 e. The van der Waals surface area contributed by atoms with Crippen LogP contribution in [0.2, 0.25) is 0 Å². The van der Waals surface area contributed by atoms with Gasteiger partial charge in [0.15, 0.2) is 0 Å². The SMILES string of the molecule is CC1CC1CNC(=O)C1(N)CCOCC1. The Labute approximate surface area is 90.5 Å². The maximum absolute atomic E-state index is 11.9. The molecule has 0 aromatic rings. The van der Waals surface area contributed by atoms with Gasteiger partial charge in [-0.3, -0.25) is 4.79 Å². The summed E-state index contributed by atoms with van der Waals surface area (Å²) in [5.74, 6) is 1.45. The molecule has 2 rings (SSSR count). The molecule has 15 heavy (non-hydrogen) atoms. The van der Waals surface area contributed by atoms with E-state index in [1.54, 1.807) is 0 Å². The van der Waals surface area contributed by atoms with Crippen molar-refractivity contribution in [3.63, 3.8) is 0 Å². The fourth-order valence-corrected chi connectivity index (χ4v) is 2.05. The number of hydrogen-bond acceptors (Lipinski definition) is 3. The van der Waals surface area contributed by atoms with Gasteiger partial charge in [-0.2, -0.15) is 0 Å². The Hall–Kier alpha value is -0.610. The van der Waals surface area contributed by atoms with Crippen molar-refractivity contribution in [3.05, 3.63) is 0 Å². The molecule has 1 amide bonds. The third-order valence-electron chi connectivity index (χ3n) is 3.64. The average molecular weight is 212 g/mol. The van der Waals surface area contributed by atoms with E-state index in [-0.39, 0.29) is 5.91 Å². The summed E-state index contributed by atoms with van der Waals surface area (Å²) in [6.07, 6.45) is 2.51. The summed E-state index contributed by atoms with van der Waals surface area (Å²) < 4.78 is 5.21. The highest BCUT2D eigenvalue weighted by molar-refractivity contribution is 5.86. The minimum Gasteiger partial charge on any atom is -0.381 e. The molecular formula is C11H20N2O2. The zero-order chi connectivity index (χ0) is 10.9. The van der Waals surface area contributed by atoms with Gasteiger partial charge in [0.05, 0.1) is 5.54 Å². The molecule has 0 radical (unpaired) electrons. The second-order valence-electron chi connectivity index (χ2n) is 4.95. The van der Waals surface area contributed by atoms with Gasteiger partial charge < -0.3 is 15.8 Å². The lowest BCUT2D eigenvalue weighted by atomic mass is 9.90. The number of rotatable bonds is 3. The fourth-order valence-electron chi connectivity index (χ4n) is 2.05. The molecule has 0 bridgehead atoms. The number of nitrogens with two attached hydrogens (primary N) is 1. The zero-order valence-corrected chi connectivity index (χ0v) is 9.29. The number of hydrogen-bond donors (Lipinski definition) is 2. The molecule has 0 spiro atoms. The number of nitrogens with one attached hydrogen (secondary N) is 1. The summed E-state index contributed by atoms with van der Waals surface area (Å²) in [5, 5.41) is 2.97. The Morgan fingerprint density at radius 2 is 2.13 bits per heavy atom. The van der Waals surface area contributed by atoms with Crippen molar-refractivity contribution in [2.75, 3.05) is 19.8 Å². The first-order valence-corrected chi connectivity index (χ1v) is 5.77. The number of amides is 1. The molecule has 0 aromatic heterocycles. The summed E-state index contributed by atoms with van der Waals surface area (Å²) in [6.45, 7) is 4.21. The quantitative estimate of drug-likeness (QED) is 0.705. The van der Waals surface area contributed by atoms with Crippen LogP contribution in [0.15, 0.2) is 0 Å². The van der Waals surface area contributed by atoms with E-state index in [0.717, 1.165) is 12.5 Å². The third kappa shape index (κ3) is 2.49. The van der Waals surface area contributed by atoms with Gasteiger partial charge in [0.25, 0.3) is 0 Å². The summed E-state index contributed by atoms with van der Waals surface area (Å²) >= 11 is 0. The molecule has 3 N–H and O–H groups in total. The van der Waals surface area contributed by atoms with E-state index in [1.165, 1.54) is 6.42 Å². The van der Waals surface area contributed by atoms with E-state index in [0.29, 0.717) is 32.0 Å². The van der Waals surface area contributed by atoms with E-state index in [4.69, 9.17) is 10.5 Å². The van der Waals surface area contributed by atoms with Gasteiger partial charge in [-0.15, -0.1) is 0 Å². The van der Waals surface area contributed by atoms with Crippen LogP contribution in [-0.4, -0.2) is 31.2 Å². The predicted octanol–water partition coefficient (Wildman–Crippen LogP) is 0.267. The van der Waals surface area contributed by atoms with E-state index < -0.39 is 5.54 Å². The van der Waals surface area contributed by atoms with Gasteiger partial charge in [0.1, 0.15) is 0 Å². The lowest BCUT2D eigenvalue weighted by molar-refractivity contribution is -0.129. The first-order chi connectivity index (χ1) is 7.12. The lowest BCUT2D eigenvalue weighted by Gasteiger charge is -2.31. The van der Waals surface area contributed by atoms with E-state index in [9.17, 15) is 4.79 Å². The topological polar surface area (TPSA) is 64.4 Å². The Morgan fingerprint density at radius 1 is 1.53 bits per heavy atom. The number of carbonyl (C=O) groups excluding carboxylic acids is 1. The van der Waals surface area contributed by atoms with Crippen LogP contribution in [-0.2, 0) is 9.53 Å². The minimum absolute atomic E-state index is 0.00454. The van der Waals surface area contributed by atoms with Crippen molar-refractivity contribution in [3.8, 4) is 0 Å². The molecule has 1 aliphatic heterocycles. The van der Waals surface area contributed by atoms with Crippen LogP contribution in [0.4, 0.5) is 0 Å². The van der Waals surface area contributed by atoms with E-state index in [2.05, 4.69) is 12.2 Å². The fraction of sp³-hybridized carbons (Fsp3) is 0.909. The second kappa shape index (κ2) is 4.10. The molecule has 4 nitrogen and oxygen atoms in total. The Bertz CT molecular complexity index is 249. The summed E-state index contributed by atoms with van der Waals surface area (Å²) in [5.41, 5.74) is 5.37. The molecule has 2 unspecified atom stereocenters. The minimum atomic E-state index is -0.684. The van der Waals surface area contributed by atoms with Gasteiger partial charge in [0.2, 0.25) is 5.91 Å². The molecule has 2 fully saturated rings. The van der Waals surface area contributed by atoms with Gasteiger partial charge in [-0.1, -0.05) is 6.92 Å². The highest BCUT2D eigenvalue weighted by Gasteiger charge is 2.38. The molecule has 1 aliphatic carbocycles. The van der Waals surface area contributed by atoms with E-state index in [1.807, 2.05) is 0 Å². The Kier molecular flexibility index (Phi) is 2.98. The van der Waals surface area contributed by atoms with Crippen molar-refractivity contribution < 1.29 is 9.53 Å². The molecular weight excluding hydrogens is 192 g/mol. The molecule has 1 heterocycles. The van der Waals surface area contributed by atoms with Gasteiger partial charge >= 0.3 is 0 Å². The maximum Gasteiger partial charge on any atom is 0.240 e.